The molecule has 3 atom stereocenters. The predicted molar refractivity (Wildman–Crippen MR) is 168 cm³/mol. The summed E-state index contributed by atoms with van der Waals surface area (Å²) < 4.78 is 12.9. The van der Waals surface area contributed by atoms with Crippen molar-refractivity contribution in [2.75, 3.05) is 0 Å². The summed E-state index contributed by atoms with van der Waals surface area (Å²) in [7, 11) is -0.862. The molecule has 0 bridgehead atoms. The van der Waals surface area contributed by atoms with Gasteiger partial charge in [-0.3, -0.25) is 0 Å². The van der Waals surface area contributed by atoms with Crippen LogP contribution in [0.15, 0.2) is 48.5 Å². The zero-order chi connectivity index (χ0) is 27.5. The average molecular weight is 543 g/mol. The van der Waals surface area contributed by atoms with Gasteiger partial charge in [0.15, 0.2) is 0 Å². The van der Waals surface area contributed by atoms with Crippen molar-refractivity contribution in [3.8, 4) is 11.5 Å². The van der Waals surface area contributed by atoms with Gasteiger partial charge in [-0.2, -0.15) is 0 Å². The van der Waals surface area contributed by atoms with Gasteiger partial charge in [0.05, 0.1) is 12.2 Å². The first-order valence-electron chi connectivity index (χ1n) is 14.3. The Morgan fingerprint density at radius 3 is 1.51 bits per heavy atom. The van der Waals surface area contributed by atoms with E-state index in [2.05, 4.69) is 125 Å². The molecule has 206 valence electrons. The molecule has 2 aromatic rings. The Kier molecular flexibility index (Phi) is 10.2. The molecule has 0 amide bonds. The van der Waals surface area contributed by atoms with Gasteiger partial charge in [0.25, 0.3) is 0 Å². The minimum Gasteiger partial charge on any atom is -0.490 e. The quantitative estimate of drug-likeness (QED) is 0.294. The summed E-state index contributed by atoms with van der Waals surface area (Å²) in [5.41, 5.74) is 1.32. The van der Waals surface area contributed by atoms with Gasteiger partial charge in [-0.05, 0) is 88.1 Å². The smallest absolute Gasteiger partial charge is 0.127 e. The van der Waals surface area contributed by atoms with Crippen molar-refractivity contribution in [3.05, 3.63) is 48.5 Å². The van der Waals surface area contributed by atoms with Crippen LogP contribution in [0.1, 0.15) is 95.4 Å². The van der Waals surface area contributed by atoms with Crippen molar-refractivity contribution in [1.29, 1.82) is 0 Å². The summed E-state index contributed by atoms with van der Waals surface area (Å²) in [5.74, 6) is 2.81. The van der Waals surface area contributed by atoms with E-state index in [9.17, 15) is 0 Å². The summed E-state index contributed by atoms with van der Waals surface area (Å²) in [4.78, 5) is 0. The SMILES string of the molecule is CC(C)Oc1ccccc1P(c1ccccc1OC(C)C)[C@H]1CCCC1C(C)P(C(C)(C)C)C(C)(C)C. The van der Waals surface area contributed by atoms with E-state index in [1.54, 1.807) is 0 Å². The molecule has 2 unspecified atom stereocenters. The van der Waals surface area contributed by atoms with Crippen LogP contribution in [-0.4, -0.2) is 33.8 Å². The maximum Gasteiger partial charge on any atom is 0.127 e. The highest BCUT2D eigenvalue weighted by molar-refractivity contribution is 7.74. The molecule has 0 saturated heterocycles. The molecule has 1 aliphatic rings. The molecule has 3 rings (SSSR count). The topological polar surface area (TPSA) is 18.5 Å². The van der Waals surface area contributed by atoms with Gasteiger partial charge in [-0.1, -0.05) is 99.2 Å². The lowest BCUT2D eigenvalue weighted by atomic mass is 10.0. The van der Waals surface area contributed by atoms with Crippen LogP contribution in [-0.2, 0) is 0 Å². The fraction of sp³-hybridized carbons (Fsp3) is 0.636. The Balaban J connectivity index is 2.18. The Bertz CT molecular complexity index is 934. The average Bonchev–Trinajstić information content (AvgIpc) is 3.23. The molecule has 2 aromatic carbocycles. The Hall–Kier alpha value is -1.10. The van der Waals surface area contributed by atoms with E-state index in [1.807, 2.05) is 0 Å². The molecule has 1 aliphatic carbocycles. The van der Waals surface area contributed by atoms with Crippen molar-refractivity contribution in [1.82, 2.24) is 0 Å². The van der Waals surface area contributed by atoms with Crippen molar-refractivity contribution < 1.29 is 9.47 Å². The predicted octanol–water partition coefficient (Wildman–Crippen LogP) is 9.33. The van der Waals surface area contributed by atoms with Gasteiger partial charge in [-0.25, -0.2) is 0 Å². The Morgan fingerprint density at radius 2 is 1.11 bits per heavy atom. The van der Waals surface area contributed by atoms with Crippen molar-refractivity contribution in [3.63, 3.8) is 0 Å². The number of ether oxygens (including phenoxy) is 2. The largest absolute Gasteiger partial charge is 0.490 e. The van der Waals surface area contributed by atoms with E-state index < -0.39 is 7.92 Å². The second kappa shape index (κ2) is 12.4. The van der Waals surface area contributed by atoms with Gasteiger partial charge < -0.3 is 9.47 Å². The zero-order valence-electron chi connectivity index (χ0n) is 25.3. The lowest BCUT2D eigenvalue weighted by Crippen LogP contribution is -2.37. The van der Waals surface area contributed by atoms with Crippen molar-refractivity contribution in [2.24, 2.45) is 5.92 Å². The third kappa shape index (κ3) is 7.51. The Labute approximate surface area is 230 Å². The van der Waals surface area contributed by atoms with Crippen molar-refractivity contribution >= 4 is 26.5 Å². The molecule has 37 heavy (non-hydrogen) atoms. The standard InChI is InChI=1S/C33H52O2P2/c1-23(2)34-27-18-12-14-20-30(27)36(31-21-15-13-19-28(31)35-24(3)4)29-22-16-17-26(29)25(5)37(32(6,7)8)33(9,10)11/h12-15,18-21,23-26,29H,16-17,22H2,1-11H3/t25?,26?,29-/m0/s1. The molecule has 1 fully saturated rings. The molecule has 0 spiro atoms. The second-order valence-electron chi connectivity index (χ2n) is 13.3. The number of benzene rings is 2. The van der Waals surface area contributed by atoms with Crippen LogP contribution in [0.2, 0.25) is 0 Å². The van der Waals surface area contributed by atoms with Gasteiger partial charge in [0, 0.05) is 10.6 Å². The van der Waals surface area contributed by atoms with Gasteiger partial charge in [0.1, 0.15) is 11.5 Å². The minimum absolute atomic E-state index is 0.146. The van der Waals surface area contributed by atoms with Gasteiger partial charge in [0.2, 0.25) is 0 Å². The third-order valence-corrected chi connectivity index (χ3v) is 14.5. The zero-order valence-corrected chi connectivity index (χ0v) is 27.1. The van der Waals surface area contributed by atoms with Crippen LogP contribution in [0.4, 0.5) is 0 Å². The van der Waals surface area contributed by atoms with Crippen LogP contribution in [0.3, 0.4) is 0 Å². The number of hydrogen-bond donors (Lipinski definition) is 0. The molecule has 0 aliphatic heterocycles. The first kappa shape index (κ1) is 30.4. The summed E-state index contributed by atoms with van der Waals surface area (Å²) in [6.07, 6.45) is 4.22. The number of rotatable bonds is 9. The first-order valence-corrected chi connectivity index (χ1v) is 17.1. The fourth-order valence-electron chi connectivity index (χ4n) is 6.78. The molecular weight excluding hydrogens is 490 g/mol. The van der Waals surface area contributed by atoms with E-state index in [0.29, 0.717) is 27.5 Å². The monoisotopic (exact) mass is 542 g/mol. The first-order chi connectivity index (χ1) is 17.2. The van der Waals surface area contributed by atoms with Crippen molar-refractivity contribution in [2.45, 2.75) is 129 Å². The van der Waals surface area contributed by atoms with Crippen LogP contribution in [0.5, 0.6) is 11.5 Å². The Morgan fingerprint density at radius 1 is 0.676 bits per heavy atom. The van der Waals surface area contributed by atoms with E-state index >= 15 is 0 Å². The number of para-hydroxylation sites is 2. The molecule has 4 heteroatoms. The highest BCUT2D eigenvalue weighted by Crippen LogP contribution is 2.67. The highest BCUT2D eigenvalue weighted by Gasteiger charge is 2.47. The summed E-state index contributed by atoms with van der Waals surface area (Å²) in [5, 5.41) is 3.40. The third-order valence-electron chi connectivity index (χ3n) is 7.31. The van der Waals surface area contributed by atoms with E-state index in [-0.39, 0.29) is 20.1 Å². The lowest BCUT2D eigenvalue weighted by molar-refractivity contribution is 0.244. The molecule has 1 saturated carbocycles. The highest BCUT2D eigenvalue weighted by atomic mass is 31.1. The van der Waals surface area contributed by atoms with E-state index in [1.165, 1.54) is 29.9 Å². The summed E-state index contributed by atoms with van der Waals surface area (Å²) in [6, 6.07) is 17.7. The molecule has 0 radical (unpaired) electrons. The van der Waals surface area contributed by atoms with E-state index in [0.717, 1.165) is 11.5 Å². The molecule has 0 heterocycles. The summed E-state index contributed by atoms with van der Waals surface area (Å²) in [6.45, 7) is 26.0. The van der Waals surface area contributed by atoms with E-state index in [4.69, 9.17) is 9.47 Å². The molecule has 0 N–H and O–H groups in total. The molecule has 0 aromatic heterocycles. The number of hydrogen-bond acceptors (Lipinski definition) is 2. The van der Waals surface area contributed by atoms with Gasteiger partial charge >= 0.3 is 0 Å². The normalized spacial score (nSPS) is 19.8. The second-order valence-corrected chi connectivity index (χ2v) is 19.9. The summed E-state index contributed by atoms with van der Waals surface area (Å²) >= 11 is 0. The maximum absolute atomic E-state index is 6.46. The van der Waals surface area contributed by atoms with Crippen LogP contribution < -0.4 is 20.1 Å². The molecular formula is C33H52O2P2. The van der Waals surface area contributed by atoms with Crippen LogP contribution >= 0.6 is 15.8 Å². The van der Waals surface area contributed by atoms with Crippen LogP contribution in [0.25, 0.3) is 0 Å². The maximum atomic E-state index is 6.46. The minimum atomic E-state index is -0.663. The van der Waals surface area contributed by atoms with Gasteiger partial charge in [-0.15, -0.1) is 0 Å². The lowest BCUT2D eigenvalue weighted by Gasteiger charge is -2.49. The fourth-order valence-corrected chi connectivity index (χ4v) is 15.5. The van der Waals surface area contributed by atoms with Crippen LogP contribution in [0, 0.1) is 5.92 Å². The molecule has 2 nitrogen and oxygen atoms in total.